The molecule has 0 atom stereocenters. The molecule has 1 amide bonds. The van der Waals surface area contributed by atoms with E-state index in [1.165, 1.54) is 36.5 Å². The largest absolute Gasteiger partial charge is 0.489 e. The van der Waals surface area contributed by atoms with Gasteiger partial charge in [0.1, 0.15) is 18.9 Å². The van der Waals surface area contributed by atoms with Gasteiger partial charge in [0.25, 0.3) is 15.9 Å². The number of benzene rings is 5. The number of carbonyl (C=O) groups excluding carboxylic acids is 1. The monoisotopic (exact) mass is 631 g/mol. The van der Waals surface area contributed by atoms with Gasteiger partial charge in [-0.1, -0.05) is 83.4 Å². The number of rotatable bonds is 10. The molecule has 0 bridgehead atoms. The first-order chi connectivity index (χ1) is 20.7. The van der Waals surface area contributed by atoms with Crippen LogP contribution in [0.25, 0.3) is 10.8 Å². The fourth-order valence-corrected chi connectivity index (χ4v) is 6.40. The van der Waals surface area contributed by atoms with E-state index >= 15 is 0 Å². The molecule has 0 aliphatic rings. The number of aryl methyl sites for hydroxylation is 1. The number of amides is 1. The highest BCUT2D eigenvalue weighted by molar-refractivity contribution is 7.92. The topological polar surface area (TPSA) is 88.1 Å². The standard InChI is InChI=1S/C33H27Cl2N3O4S/c1-23-9-16-29(17-10-23)43(40,41)38(32-18-13-27(34)19-31(32)35)21-33(39)37-36-20-24-11-14-28(15-12-24)42-22-26-7-4-6-25-5-2-3-8-30(25)26/h2-20H,21-22H2,1H3,(H,37,39)/b36-20-. The molecule has 0 spiro atoms. The maximum absolute atomic E-state index is 13.6. The zero-order valence-electron chi connectivity index (χ0n) is 23.1. The van der Waals surface area contributed by atoms with Gasteiger partial charge in [0.15, 0.2) is 0 Å². The van der Waals surface area contributed by atoms with Crippen LogP contribution in [0.15, 0.2) is 119 Å². The van der Waals surface area contributed by atoms with Crippen molar-refractivity contribution in [2.24, 2.45) is 5.10 Å². The molecule has 10 heteroatoms. The lowest BCUT2D eigenvalue weighted by Gasteiger charge is -2.24. The van der Waals surface area contributed by atoms with Gasteiger partial charge in [-0.05, 0) is 83.4 Å². The highest BCUT2D eigenvalue weighted by Crippen LogP contribution is 2.32. The molecule has 43 heavy (non-hydrogen) atoms. The van der Waals surface area contributed by atoms with Crippen molar-refractivity contribution in [3.63, 3.8) is 0 Å². The quantitative estimate of drug-likeness (QED) is 0.129. The Morgan fingerprint density at radius 2 is 1.63 bits per heavy atom. The molecular weight excluding hydrogens is 605 g/mol. The maximum Gasteiger partial charge on any atom is 0.264 e. The van der Waals surface area contributed by atoms with E-state index in [0.717, 1.165) is 26.2 Å². The third kappa shape index (κ3) is 7.35. The number of nitrogens with one attached hydrogen (secondary N) is 1. The summed E-state index contributed by atoms with van der Waals surface area (Å²) in [5, 5.41) is 6.73. The summed E-state index contributed by atoms with van der Waals surface area (Å²) >= 11 is 12.4. The van der Waals surface area contributed by atoms with E-state index in [0.29, 0.717) is 22.9 Å². The second kappa shape index (κ2) is 13.3. The molecule has 7 nitrogen and oxygen atoms in total. The minimum Gasteiger partial charge on any atom is -0.489 e. The van der Waals surface area contributed by atoms with Crippen LogP contribution in [0, 0.1) is 6.92 Å². The van der Waals surface area contributed by atoms with Crippen LogP contribution in [0.1, 0.15) is 16.7 Å². The second-order valence-corrected chi connectivity index (χ2v) is 12.4. The van der Waals surface area contributed by atoms with Crippen LogP contribution >= 0.6 is 23.2 Å². The number of hydrazone groups is 1. The summed E-state index contributed by atoms with van der Waals surface area (Å²) in [6.07, 6.45) is 1.46. The molecule has 0 heterocycles. The molecule has 0 saturated heterocycles. The molecule has 0 fully saturated rings. The van der Waals surface area contributed by atoms with Gasteiger partial charge in [-0.15, -0.1) is 0 Å². The average molecular weight is 633 g/mol. The van der Waals surface area contributed by atoms with Crippen LogP contribution < -0.4 is 14.5 Å². The molecule has 5 aromatic carbocycles. The highest BCUT2D eigenvalue weighted by atomic mass is 35.5. The van der Waals surface area contributed by atoms with E-state index in [4.69, 9.17) is 27.9 Å². The van der Waals surface area contributed by atoms with Crippen molar-refractivity contribution in [2.75, 3.05) is 10.8 Å². The lowest BCUT2D eigenvalue weighted by molar-refractivity contribution is -0.119. The van der Waals surface area contributed by atoms with Crippen LogP contribution in [0.5, 0.6) is 5.75 Å². The van der Waals surface area contributed by atoms with E-state index in [2.05, 4.69) is 28.7 Å². The van der Waals surface area contributed by atoms with Gasteiger partial charge in [-0.25, -0.2) is 13.8 Å². The summed E-state index contributed by atoms with van der Waals surface area (Å²) < 4.78 is 34.0. The molecule has 5 aromatic rings. The first-order valence-corrected chi connectivity index (χ1v) is 15.5. The molecule has 0 radical (unpaired) electrons. The number of carbonyl (C=O) groups is 1. The van der Waals surface area contributed by atoms with Crippen LogP contribution in [-0.2, 0) is 21.4 Å². The fraction of sp³-hybridized carbons (Fsp3) is 0.0909. The van der Waals surface area contributed by atoms with Crippen molar-refractivity contribution in [3.8, 4) is 5.75 Å². The van der Waals surface area contributed by atoms with Gasteiger partial charge in [0, 0.05) is 5.02 Å². The predicted octanol–water partition coefficient (Wildman–Crippen LogP) is 7.38. The van der Waals surface area contributed by atoms with Gasteiger partial charge >= 0.3 is 0 Å². The van der Waals surface area contributed by atoms with Crippen LogP contribution in [0.4, 0.5) is 5.69 Å². The number of ether oxygens (including phenoxy) is 1. The van der Waals surface area contributed by atoms with Crippen molar-refractivity contribution in [1.82, 2.24) is 5.43 Å². The fourth-order valence-electron chi connectivity index (χ4n) is 4.39. The number of hydrogen-bond acceptors (Lipinski definition) is 5. The van der Waals surface area contributed by atoms with Crippen molar-refractivity contribution < 1.29 is 17.9 Å². The van der Waals surface area contributed by atoms with Crippen molar-refractivity contribution in [1.29, 1.82) is 0 Å². The number of anilines is 1. The Labute approximate surface area is 260 Å². The smallest absolute Gasteiger partial charge is 0.264 e. The number of nitrogens with zero attached hydrogens (tertiary/aromatic N) is 2. The van der Waals surface area contributed by atoms with Gasteiger partial charge in [-0.3, -0.25) is 9.10 Å². The molecular formula is C33H27Cl2N3O4S. The van der Waals surface area contributed by atoms with E-state index in [-0.39, 0.29) is 15.6 Å². The Morgan fingerprint density at radius 1 is 0.907 bits per heavy atom. The zero-order chi connectivity index (χ0) is 30.4. The van der Waals surface area contributed by atoms with E-state index in [1.54, 1.807) is 24.3 Å². The minimum absolute atomic E-state index is 0.0168. The molecule has 0 aliphatic heterocycles. The summed E-state index contributed by atoms with van der Waals surface area (Å²) in [5.41, 5.74) is 5.21. The van der Waals surface area contributed by atoms with Crippen molar-refractivity contribution >= 4 is 61.8 Å². The Morgan fingerprint density at radius 3 is 2.37 bits per heavy atom. The lowest BCUT2D eigenvalue weighted by Crippen LogP contribution is -2.39. The van der Waals surface area contributed by atoms with E-state index in [9.17, 15) is 13.2 Å². The first-order valence-electron chi connectivity index (χ1n) is 13.3. The van der Waals surface area contributed by atoms with Gasteiger partial charge in [0.05, 0.1) is 21.8 Å². The van der Waals surface area contributed by atoms with Gasteiger partial charge < -0.3 is 4.74 Å². The first kappa shape index (κ1) is 30.1. The highest BCUT2D eigenvalue weighted by Gasteiger charge is 2.28. The van der Waals surface area contributed by atoms with Crippen molar-refractivity contribution in [3.05, 3.63) is 136 Å². The normalized spacial score (nSPS) is 11.5. The Balaban J connectivity index is 1.24. The lowest BCUT2D eigenvalue weighted by atomic mass is 10.1. The summed E-state index contributed by atoms with van der Waals surface area (Å²) in [6.45, 7) is 1.71. The number of sulfonamides is 1. The van der Waals surface area contributed by atoms with Crippen LogP contribution in [0.2, 0.25) is 10.0 Å². The molecule has 0 unspecified atom stereocenters. The minimum atomic E-state index is -4.14. The SMILES string of the molecule is Cc1ccc(S(=O)(=O)N(CC(=O)N/N=C\c2ccc(OCc3cccc4ccccc34)cc2)c2ccc(Cl)cc2Cl)cc1. The predicted molar refractivity (Wildman–Crippen MR) is 173 cm³/mol. The molecule has 5 rings (SSSR count). The third-order valence-corrected chi connectivity index (χ3v) is 8.94. The van der Waals surface area contributed by atoms with Crippen LogP contribution in [-0.4, -0.2) is 27.1 Å². The molecule has 1 N–H and O–H groups in total. The van der Waals surface area contributed by atoms with E-state index in [1.807, 2.05) is 43.3 Å². The molecule has 0 aliphatic carbocycles. The molecule has 0 aromatic heterocycles. The average Bonchev–Trinajstić information content (AvgIpc) is 3.00. The molecule has 218 valence electrons. The summed E-state index contributed by atoms with van der Waals surface area (Å²) in [7, 11) is -4.14. The molecule has 0 saturated carbocycles. The number of fused-ring (bicyclic) bond motifs is 1. The maximum atomic E-state index is 13.6. The van der Waals surface area contributed by atoms with Gasteiger partial charge in [0.2, 0.25) is 0 Å². The Hall–Kier alpha value is -4.37. The number of hydrogen-bond donors (Lipinski definition) is 1. The van der Waals surface area contributed by atoms with E-state index < -0.39 is 22.5 Å². The van der Waals surface area contributed by atoms with Gasteiger partial charge in [-0.2, -0.15) is 5.10 Å². The zero-order valence-corrected chi connectivity index (χ0v) is 25.4. The number of halogens is 2. The van der Waals surface area contributed by atoms with Crippen molar-refractivity contribution in [2.45, 2.75) is 18.4 Å². The Kier molecular flexibility index (Phi) is 9.31. The van der Waals surface area contributed by atoms with Crippen LogP contribution in [0.3, 0.4) is 0 Å². The third-order valence-electron chi connectivity index (χ3n) is 6.63. The second-order valence-electron chi connectivity index (χ2n) is 9.71. The summed E-state index contributed by atoms with van der Waals surface area (Å²) in [6, 6.07) is 32.2. The Bertz CT molecular complexity index is 1890. The summed E-state index contributed by atoms with van der Waals surface area (Å²) in [4.78, 5) is 12.9. The summed E-state index contributed by atoms with van der Waals surface area (Å²) in [5.74, 6) is 0.0268.